The number of fused-ring (bicyclic) bond motifs is 2. The Morgan fingerprint density at radius 2 is 1.69 bits per heavy atom. The first-order valence-electron chi connectivity index (χ1n) is 10.4. The maximum Gasteiger partial charge on any atom is 0.237 e. The standard InChI is InChI=1S/C25H25N3O/c1-29-24-17-19-11-5-8-14-23(19)28(24)25-26-21-13-7-6-12-20(21)22(27-25)16-15-18-9-3-2-4-10-18/h2-5,8-11,14,17H,6-7,12-13,15-16H2,1H3. The van der Waals surface area contributed by atoms with Crippen LogP contribution in [-0.4, -0.2) is 21.6 Å². The molecular formula is C25H25N3O. The third-order valence-electron chi connectivity index (χ3n) is 5.84. The first kappa shape index (κ1) is 17.9. The van der Waals surface area contributed by atoms with Crippen LogP contribution in [0.1, 0.15) is 35.4 Å². The van der Waals surface area contributed by atoms with E-state index in [2.05, 4.69) is 53.1 Å². The molecule has 2 aromatic heterocycles. The van der Waals surface area contributed by atoms with Crippen molar-refractivity contribution in [3.63, 3.8) is 0 Å². The normalized spacial score (nSPS) is 13.4. The summed E-state index contributed by atoms with van der Waals surface area (Å²) in [6.45, 7) is 0. The van der Waals surface area contributed by atoms with Gasteiger partial charge in [0.05, 0.1) is 12.6 Å². The molecule has 2 aromatic carbocycles. The molecule has 0 amide bonds. The monoisotopic (exact) mass is 383 g/mol. The van der Waals surface area contributed by atoms with Gasteiger partial charge in [-0.05, 0) is 55.7 Å². The lowest BCUT2D eigenvalue weighted by molar-refractivity contribution is 0.389. The van der Waals surface area contributed by atoms with Crippen LogP contribution in [-0.2, 0) is 25.7 Å². The van der Waals surface area contributed by atoms with Crippen LogP contribution in [0.4, 0.5) is 0 Å². The van der Waals surface area contributed by atoms with Gasteiger partial charge >= 0.3 is 0 Å². The number of para-hydroxylation sites is 1. The summed E-state index contributed by atoms with van der Waals surface area (Å²) in [7, 11) is 1.71. The van der Waals surface area contributed by atoms with E-state index in [0.29, 0.717) is 0 Å². The SMILES string of the molecule is COc1cc2ccccc2n1-c1nc2c(c(CCc3ccccc3)n1)CCCC2. The largest absolute Gasteiger partial charge is 0.482 e. The van der Waals surface area contributed by atoms with Crippen LogP contribution in [0.2, 0.25) is 0 Å². The number of benzene rings is 2. The molecule has 0 fully saturated rings. The number of ether oxygens (including phenoxy) is 1. The van der Waals surface area contributed by atoms with E-state index in [4.69, 9.17) is 14.7 Å². The molecule has 1 aliphatic rings. The van der Waals surface area contributed by atoms with Gasteiger partial charge in [-0.1, -0.05) is 48.5 Å². The molecule has 29 heavy (non-hydrogen) atoms. The zero-order chi connectivity index (χ0) is 19.6. The third-order valence-corrected chi connectivity index (χ3v) is 5.84. The Labute approximate surface area is 171 Å². The first-order valence-corrected chi connectivity index (χ1v) is 10.4. The summed E-state index contributed by atoms with van der Waals surface area (Å²) >= 11 is 0. The molecule has 4 heteroatoms. The van der Waals surface area contributed by atoms with Crippen LogP contribution < -0.4 is 4.74 Å². The zero-order valence-corrected chi connectivity index (χ0v) is 16.8. The summed E-state index contributed by atoms with van der Waals surface area (Å²) < 4.78 is 7.73. The molecule has 0 radical (unpaired) electrons. The Morgan fingerprint density at radius 3 is 2.55 bits per heavy atom. The highest BCUT2D eigenvalue weighted by molar-refractivity contribution is 5.83. The van der Waals surface area contributed by atoms with E-state index >= 15 is 0 Å². The van der Waals surface area contributed by atoms with Crippen molar-refractivity contribution < 1.29 is 4.74 Å². The van der Waals surface area contributed by atoms with Gasteiger partial charge in [-0.3, -0.25) is 0 Å². The van der Waals surface area contributed by atoms with E-state index in [9.17, 15) is 0 Å². The van der Waals surface area contributed by atoms with E-state index in [1.165, 1.54) is 35.4 Å². The Kier molecular flexibility index (Phi) is 4.76. The van der Waals surface area contributed by atoms with E-state index in [-0.39, 0.29) is 0 Å². The maximum atomic E-state index is 5.68. The van der Waals surface area contributed by atoms with Crippen molar-refractivity contribution >= 4 is 10.9 Å². The highest BCUT2D eigenvalue weighted by Gasteiger charge is 2.21. The van der Waals surface area contributed by atoms with Crippen LogP contribution in [0.15, 0.2) is 60.7 Å². The molecular weight excluding hydrogens is 358 g/mol. The molecule has 0 atom stereocenters. The second-order valence-corrected chi connectivity index (χ2v) is 7.67. The maximum absolute atomic E-state index is 5.68. The molecule has 0 bridgehead atoms. The van der Waals surface area contributed by atoms with Crippen molar-refractivity contribution in [3.8, 4) is 11.8 Å². The molecule has 0 N–H and O–H groups in total. The molecule has 4 aromatic rings. The van der Waals surface area contributed by atoms with Crippen LogP contribution in [0.3, 0.4) is 0 Å². The first-order chi connectivity index (χ1) is 14.3. The van der Waals surface area contributed by atoms with Crippen molar-refractivity contribution in [2.45, 2.75) is 38.5 Å². The molecule has 0 unspecified atom stereocenters. The van der Waals surface area contributed by atoms with Gasteiger partial charge in [-0.15, -0.1) is 0 Å². The average molecular weight is 383 g/mol. The topological polar surface area (TPSA) is 39.9 Å². The highest BCUT2D eigenvalue weighted by atomic mass is 16.5. The summed E-state index contributed by atoms with van der Waals surface area (Å²) in [5, 5.41) is 1.14. The molecule has 5 rings (SSSR count). The minimum absolute atomic E-state index is 0.728. The second kappa shape index (κ2) is 7.70. The van der Waals surface area contributed by atoms with Gasteiger partial charge in [-0.2, -0.15) is 0 Å². The molecule has 4 nitrogen and oxygen atoms in total. The van der Waals surface area contributed by atoms with E-state index < -0.39 is 0 Å². The minimum atomic E-state index is 0.728. The Balaban J connectivity index is 1.61. The fourth-order valence-electron chi connectivity index (χ4n) is 4.36. The minimum Gasteiger partial charge on any atom is -0.482 e. The van der Waals surface area contributed by atoms with Gasteiger partial charge in [0.1, 0.15) is 0 Å². The number of nitrogens with zero attached hydrogens (tertiary/aromatic N) is 3. The summed E-state index contributed by atoms with van der Waals surface area (Å²) in [6, 6.07) is 21.0. The van der Waals surface area contributed by atoms with Crippen molar-refractivity contribution in [2.24, 2.45) is 0 Å². The summed E-state index contributed by atoms with van der Waals surface area (Å²) in [6.07, 6.45) is 6.47. The molecule has 0 saturated heterocycles. The second-order valence-electron chi connectivity index (χ2n) is 7.67. The quantitative estimate of drug-likeness (QED) is 0.482. The van der Waals surface area contributed by atoms with Gasteiger partial charge in [0, 0.05) is 22.8 Å². The summed E-state index contributed by atoms with van der Waals surface area (Å²) in [5.74, 6) is 1.50. The van der Waals surface area contributed by atoms with Gasteiger partial charge in [0.25, 0.3) is 0 Å². The predicted molar refractivity (Wildman–Crippen MR) is 116 cm³/mol. The van der Waals surface area contributed by atoms with Crippen molar-refractivity contribution in [1.82, 2.24) is 14.5 Å². The Bertz CT molecular complexity index is 1150. The molecule has 0 saturated carbocycles. The number of hydrogen-bond donors (Lipinski definition) is 0. The Morgan fingerprint density at radius 1 is 0.897 bits per heavy atom. The lowest BCUT2D eigenvalue weighted by Crippen LogP contribution is -2.16. The van der Waals surface area contributed by atoms with Crippen molar-refractivity contribution in [2.75, 3.05) is 7.11 Å². The smallest absolute Gasteiger partial charge is 0.237 e. The van der Waals surface area contributed by atoms with Gasteiger partial charge in [0.15, 0.2) is 0 Å². The van der Waals surface area contributed by atoms with E-state index in [1.807, 2.05) is 12.1 Å². The van der Waals surface area contributed by atoms with E-state index in [1.54, 1.807) is 7.11 Å². The zero-order valence-electron chi connectivity index (χ0n) is 16.8. The highest BCUT2D eigenvalue weighted by Crippen LogP contribution is 2.30. The molecule has 2 heterocycles. The van der Waals surface area contributed by atoms with Crippen molar-refractivity contribution in [1.29, 1.82) is 0 Å². The van der Waals surface area contributed by atoms with E-state index in [0.717, 1.165) is 48.4 Å². The van der Waals surface area contributed by atoms with Gasteiger partial charge < -0.3 is 4.74 Å². The summed E-state index contributed by atoms with van der Waals surface area (Å²) in [4.78, 5) is 10.1. The number of aromatic nitrogens is 3. The fraction of sp³-hybridized carbons (Fsp3) is 0.280. The lowest BCUT2D eigenvalue weighted by atomic mass is 9.92. The number of methoxy groups -OCH3 is 1. The van der Waals surface area contributed by atoms with Gasteiger partial charge in [0.2, 0.25) is 11.8 Å². The third kappa shape index (κ3) is 3.39. The van der Waals surface area contributed by atoms with Crippen LogP contribution in [0, 0.1) is 0 Å². The fourth-order valence-corrected chi connectivity index (χ4v) is 4.36. The van der Waals surface area contributed by atoms with Crippen LogP contribution >= 0.6 is 0 Å². The molecule has 0 aliphatic heterocycles. The number of aryl methyl sites for hydroxylation is 3. The number of hydrogen-bond acceptors (Lipinski definition) is 3. The van der Waals surface area contributed by atoms with Crippen LogP contribution in [0.25, 0.3) is 16.9 Å². The van der Waals surface area contributed by atoms with Crippen molar-refractivity contribution in [3.05, 3.63) is 83.2 Å². The number of rotatable bonds is 5. The molecule has 0 spiro atoms. The van der Waals surface area contributed by atoms with Gasteiger partial charge in [-0.25, -0.2) is 14.5 Å². The molecule has 146 valence electrons. The Hall–Kier alpha value is -3.14. The lowest BCUT2D eigenvalue weighted by Gasteiger charge is -2.20. The molecule has 1 aliphatic carbocycles. The average Bonchev–Trinajstić information content (AvgIpc) is 3.16. The van der Waals surface area contributed by atoms with Crippen LogP contribution in [0.5, 0.6) is 5.88 Å². The predicted octanol–water partition coefficient (Wildman–Crippen LogP) is 5.09. The summed E-state index contributed by atoms with van der Waals surface area (Å²) in [5.41, 5.74) is 6.19.